The second-order valence-corrected chi connectivity index (χ2v) is 7.62. The Morgan fingerprint density at radius 1 is 1.15 bits per heavy atom. The van der Waals surface area contributed by atoms with Crippen molar-refractivity contribution in [2.75, 3.05) is 13.1 Å². The highest BCUT2D eigenvalue weighted by Crippen LogP contribution is 2.28. The topological polar surface area (TPSA) is 76.0 Å². The Kier molecular flexibility index (Phi) is 5.91. The fraction of sp³-hybridized carbons (Fsp3) is 0.350. The number of hydrogen-bond acceptors (Lipinski definition) is 4. The Morgan fingerprint density at radius 2 is 1.89 bits per heavy atom. The fourth-order valence-electron chi connectivity index (χ4n) is 2.77. The average Bonchev–Trinajstić information content (AvgIpc) is 3.21. The summed E-state index contributed by atoms with van der Waals surface area (Å²) in [5.41, 5.74) is 3.28. The summed E-state index contributed by atoms with van der Waals surface area (Å²) < 4.78 is 1.94. The normalized spacial score (nSPS) is 10.9. The van der Waals surface area contributed by atoms with Crippen molar-refractivity contribution in [3.63, 3.8) is 0 Å². The van der Waals surface area contributed by atoms with Gasteiger partial charge < -0.3 is 10.6 Å². The summed E-state index contributed by atoms with van der Waals surface area (Å²) in [5.74, 6) is -0.405. The van der Waals surface area contributed by atoms with Crippen LogP contribution in [0.1, 0.15) is 39.8 Å². The maximum Gasteiger partial charge on any atom is 0.261 e. The summed E-state index contributed by atoms with van der Waals surface area (Å²) in [4.78, 5) is 25.6. The number of benzene rings is 1. The number of nitrogens with zero attached hydrogens (tertiary/aromatic N) is 2. The zero-order valence-electron chi connectivity index (χ0n) is 15.8. The highest BCUT2D eigenvalue weighted by molar-refractivity contribution is 7.20. The van der Waals surface area contributed by atoms with Crippen LogP contribution in [0, 0.1) is 13.8 Å². The Balaban J connectivity index is 1.74. The molecule has 6 nitrogen and oxygen atoms in total. The fourth-order valence-corrected chi connectivity index (χ4v) is 3.85. The SMILES string of the molecule is CCCNC(=O)CNC(=O)c1cc2c(C)nn(Cc3ccc(C)cc3)c2s1. The average molecular weight is 385 g/mol. The molecular weight excluding hydrogens is 360 g/mol. The molecule has 142 valence electrons. The second kappa shape index (κ2) is 8.35. The molecule has 27 heavy (non-hydrogen) atoms. The van der Waals surface area contributed by atoms with Crippen LogP contribution in [0.4, 0.5) is 0 Å². The first kappa shape index (κ1) is 19.1. The van der Waals surface area contributed by atoms with Crippen molar-refractivity contribution >= 4 is 33.4 Å². The van der Waals surface area contributed by atoms with Crippen LogP contribution >= 0.6 is 11.3 Å². The monoisotopic (exact) mass is 384 g/mol. The van der Waals surface area contributed by atoms with Gasteiger partial charge in [-0.1, -0.05) is 36.8 Å². The van der Waals surface area contributed by atoms with E-state index in [0.717, 1.165) is 27.9 Å². The number of amides is 2. The van der Waals surface area contributed by atoms with E-state index >= 15 is 0 Å². The van der Waals surface area contributed by atoms with E-state index in [1.165, 1.54) is 16.9 Å². The van der Waals surface area contributed by atoms with E-state index in [1.807, 2.05) is 24.6 Å². The predicted molar refractivity (Wildman–Crippen MR) is 108 cm³/mol. The molecule has 0 fully saturated rings. The van der Waals surface area contributed by atoms with Crippen molar-refractivity contribution in [1.29, 1.82) is 0 Å². The maximum atomic E-state index is 12.4. The molecule has 3 rings (SSSR count). The Bertz CT molecular complexity index is 956. The van der Waals surface area contributed by atoms with Crippen LogP contribution in [0.2, 0.25) is 0 Å². The minimum atomic E-state index is -0.232. The third kappa shape index (κ3) is 4.54. The van der Waals surface area contributed by atoms with Gasteiger partial charge in [-0.05, 0) is 31.9 Å². The molecule has 0 aliphatic carbocycles. The smallest absolute Gasteiger partial charge is 0.261 e. The maximum absolute atomic E-state index is 12.4. The molecule has 2 aromatic heterocycles. The lowest BCUT2D eigenvalue weighted by Crippen LogP contribution is -2.36. The molecule has 0 spiro atoms. The van der Waals surface area contributed by atoms with Gasteiger partial charge in [0.1, 0.15) is 4.83 Å². The summed E-state index contributed by atoms with van der Waals surface area (Å²) in [6, 6.07) is 10.2. The minimum Gasteiger partial charge on any atom is -0.355 e. The third-order valence-corrected chi connectivity index (χ3v) is 5.41. The van der Waals surface area contributed by atoms with Crippen LogP contribution in [0.15, 0.2) is 30.3 Å². The number of carbonyl (C=O) groups excluding carboxylic acids is 2. The molecule has 0 aliphatic rings. The standard InChI is InChI=1S/C20H24N4O2S/c1-4-9-21-18(25)11-22-19(26)17-10-16-14(3)23-24(20(16)27-17)12-15-7-5-13(2)6-8-15/h5-8,10H,4,9,11-12H2,1-3H3,(H,21,25)(H,22,26). The third-order valence-electron chi connectivity index (χ3n) is 4.27. The highest BCUT2D eigenvalue weighted by atomic mass is 32.1. The van der Waals surface area contributed by atoms with Crippen LogP contribution in [-0.4, -0.2) is 34.7 Å². The van der Waals surface area contributed by atoms with Crippen molar-refractivity contribution in [2.45, 2.75) is 33.7 Å². The first-order valence-corrected chi connectivity index (χ1v) is 9.87. The largest absolute Gasteiger partial charge is 0.355 e. The van der Waals surface area contributed by atoms with E-state index in [1.54, 1.807) is 0 Å². The molecule has 0 unspecified atom stereocenters. The molecule has 0 saturated carbocycles. The quantitative estimate of drug-likeness (QED) is 0.657. The lowest BCUT2D eigenvalue weighted by molar-refractivity contribution is -0.120. The highest BCUT2D eigenvalue weighted by Gasteiger charge is 2.17. The molecule has 2 heterocycles. The van der Waals surface area contributed by atoms with Gasteiger partial charge in [-0.15, -0.1) is 11.3 Å². The van der Waals surface area contributed by atoms with E-state index in [9.17, 15) is 9.59 Å². The van der Waals surface area contributed by atoms with Gasteiger partial charge in [0, 0.05) is 11.9 Å². The molecule has 1 aromatic carbocycles. The van der Waals surface area contributed by atoms with Crippen LogP contribution in [0.25, 0.3) is 10.2 Å². The van der Waals surface area contributed by atoms with Gasteiger partial charge >= 0.3 is 0 Å². The van der Waals surface area contributed by atoms with Crippen LogP contribution in [0.3, 0.4) is 0 Å². The number of rotatable bonds is 7. The molecule has 0 aliphatic heterocycles. The Labute approximate surface area is 162 Å². The van der Waals surface area contributed by atoms with Gasteiger partial charge in [0.2, 0.25) is 5.91 Å². The van der Waals surface area contributed by atoms with Crippen LogP contribution in [0.5, 0.6) is 0 Å². The zero-order valence-corrected chi connectivity index (χ0v) is 16.7. The van der Waals surface area contributed by atoms with E-state index in [4.69, 9.17) is 0 Å². The Morgan fingerprint density at radius 3 is 2.59 bits per heavy atom. The van der Waals surface area contributed by atoms with Gasteiger partial charge in [-0.3, -0.25) is 14.3 Å². The van der Waals surface area contributed by atoms with E-state index in [-0.39, 0.29) is 18.4 Å². The Hall–Kier alpha value is -2.67. The molecular formula is C20H24N4O2S. The summed E-state index contributed by atoms with van der Waals surface area (Å²) in [6.45, 7) is 7.25. The molecule has 0 radical (unpaired) electrons. The molecule has 2 N–H and O–H groups in total. The first-order valence-electron chi connectivity index (χ1n) is 9.05. The molecule has 0 atom stereocenters. The summed E-state index contributed by atoms with van der Waals surface area (Å²) in [5, 5.41) is 11.0. The van der Waals surface area contributed by atoms with Gasteiger partial charge in [0.15, 0.2) is 0 Å². The summed E-state index contributed by atoms with van der Waals surface area (Å²) >= 11 is 1.40. The summed E-state index contributed by atoms with van der Waals surface area (Å²) in [6.07, 6.45) is 0.868. The number of thiophene rings is 1. The van der Waals surface area contributed by atoms with E-state index in [0.29, 0.717) is 18.0 Å². The first-order chi connectivity index (χ1) is 13.0. The van der Waals surface area contributed by atoms with Gasteiger partial charge in [-0.25, -0.2) is 0 Å². The van der Waals surface area contributed by atoms with Gasteiger partial charge in [0.25, 0.3) is 5.91 Å². The number of hydrogen-bond donors (Lipinski definition) is 2. The molecule has 0 saturated heterocycles. The minimum absolute atomic E-state index is 0.0123. The molecule has 7 heteroatoms. The number of fused-ring (bicyclic) bond motifs is 1. The van der Waals surface area contributed by atoms with Gasteiger partial charge in [0.05, 0.1) is 23.7 Å². The number of nitrogens with one attached hydrogen (secondary N) is 2. The van der Waals surface area contributed by atoms with Crippen molar-refractivity contribution in [2.24, 2.45) is 0 Å². The predicted octanol–water partition coefficient (Wildman–Crippen LogP) is 3.02. The van der Waals surface area contributed by atoms with E-state index < -0.39 is 0 Å². The van der Waals surface area contributed by atoms with Crippen molar-refractivity contribution in [3.05, 3.63) is 52.0 Å². The van der Waals surface area contributed by atoms with Gasteiger partial charge in [-0.2, -0.15) is 5.10 Å². The lowest BCUT2D eigenvalue weighted by Gasteiger charge is -2.05. The lowest BCUT2D eigenvalue weighted by atomic mass is 10.1. The number of carbonyl (C=O) groups is 2. The van der Waals surface area contributed by atoms with E-state index in [2.05, 4.69) is 46.9 Å². The number of aryl methyl sites for hydroxylation is 2. The van der Waals surface area contributed by atoms with Crippen molar-refractivity contribution in [1.82, 2.24) is 20.4 Å². The molecule has 2 amide bonds. The molecule has 3 aromatic rings. The van der Waals surface area contributed by atoms with Crippen LogP contribution in [-0.2, 0) is 11.3 Å². The summed E-state index contributed by atoms with van der Waals surface area (Å²) in [7, 11) is 0. The second-order valence-electron chi connectivity index (χ2n) is 6.59. The molecule has 0 bridgehead atoms. The van der Waals surface area contributed by atoms with Crippen molar-refractivity contribution in [3.8, 4) is 0 Å². The zero-order chi connectivity index (χ0) is 19.4. The van der Waals surface area contributed by atoms with Crippen molar-refractivity contribution < 1.29 is 9.59 Å². The van der Waals surface area contributed by atoms with Crippen LogP contribution < -0.4 is 10.6 Å². The number of aromatic nitrogens is 2.